The molecule has 2 aromatic rings. The van der Waals surface area contributed by atoms with E-state index < -0.39 is 47.4 Å². The summed E-state index contributed by atoms with van der Waals surface area (Å²) in [6.45, 7) is 6.80. The highest BCUT2D eigenvalue weighted by molar-refractivity contribution is 5.97. The summed E-state index contributed by atoms with van der Waals surface area (Å²) in [5, 5.41) is 18.0. The van der Waals surface area contributed by atoms with Gasteiger partial charge in [0.1, 0.15) is 17.6 Å². The maximum atomic E-state index is 14.2. The Bertz CT molecular complexity index is 1480. The molecule has 4 rings (SSSR count). The van der Waals surface area contributed by atoms with Gasteiger partial charge in [-0.1, -0.05) is 74.5 Å². The molecular formula is C38H55N7O6. The van der Waals surface area contributed by atoms with E-state index in [-0.39, 0.29) is 43.3 Å². The van der Waals surface area contributed by atoms with Gasteiger partial charge in [-0.05, 0) is 69.0 Å². The number of carboxylic acids is 1. The Balaban J connectivity index is 1.51. The molecule has 278 valence electrons. The van der Waals surface area contributed by atoms with E-state index >= 15 is 0 Å². The molecule has 2 saturated heterocycles. The van der Waals surface area contributed by atoms with Crippen LogP contribution in [0.25, 0.3) is 0 Å². The summed E-state index contributed by atoms with van der Waals surface area (Å²) in [5.41, 5.74) is 12.3. The molecule has 0 spiro atoms. The van der Waals surface area contributed by atoms with Gasteiger partial charge < -0.3 is 37.4 Å². The van der Waals surface area contributed by atoms with Gasteiger partial charge in [-0.25, -0.2) is 0 Å². The quantitative estimate of drug-likeness (QED) is 0.116. The van der Waals surface area contributed by atoms with Crippen LogP contribution < -0.4 is 27.4 Å². The Morgan fingerprint density at radius 3 is 2.06 bits per heavy atom. The van der Waals surface area contributed by atoms with Crippen LogP contribution in [0.3, 0.4) is 0 Å². The minimum Gasteiger partial charge on any atom is -0.480 e. The van der Waals surface area contributed by atoms with E-state index in [0.717, 1.165) is 17.5 Å². The lowest BCUT2D eigenvalue weighted by molar-refractivity contribution is -0.159. The van der Waals surface area contributed by atoms with Crippen molar-refractivity contribution in [3.05, 3.63) is 71.8 Å². The normalized spacial score (nSPS) is 19.9. The molecule has 2 fully saturated rings. The number of hydrogen-bond acceptors (Lipinski definition) is 8. The number of nitrogens with one attached hydrogen (secondary N) is 3. The Morgan fingerprint density at radius 2 is 1.49 bits per heavy atom. The minimum atomic E-state index is -1.46. The van der Waals surface area contributed by atoms with Gasteiger partial charge >= 0.3 is 5.97 Å². The van der Waals surface area contributed by atoms with Crippen molar-refractivity contribution in [2.75, 3.05) is 26.2 Å². The van der Waals surface area contributed by atoms with Crippen molar-refractivity contribution in [1.82, 2.24) is 25.8 Å². The van der Waals surface area contributed by atoms with E-state index in [2.05, 4.69) is 16.0 Å². The average molecular weight is 706 g/mol. The lowest BCUT2D eigenvalue weighted by Gasteiger charge is -2.56. The van der Waals surface area contributed by atoms with Crippen molar-refractivity contribution < 1.29 is 29.1 Å². The van der Waals surface area contributed by atoms with E-state index in [1.165, 1.54) is 0 Å². The van der Waals surface area contributed by atoms with Crippen molar-refractivity contribution >= 4 is 29.6 Å². The van der Waals surface area contributed by atoms with Gasteiger partial charge in [0.25, 0.3) is 0 Å². The number of rotatable bonds is 19. The fraction of sp³-hybridized carbons (Fsp3) is 0.553. The van der Waals surface area contributed by atoms with E-state index in [1.54, 1.807) is 11.8 Å². The highest BCUT2D eigenvalue weighted by Gasteiger charge is 2.49. The van der Waals surface area contributed by atoms with Crippen molar-refractivity contribution in [3.63, 3.8) is 0 Å². The SMILES string of the molecule is CC(C)CC(NC(=O)C(C)(Cc1ccccc1)NC(=O)C(N)Cc1ccccc1)C(=O)NC(CCCCN)C(=O)N1C2CC1CN(CC(=O)O)C2. The first-order valence-electron chi connectivity index (χ1n) is 18.0. The van der Waals surface area contributed by atoms with Crippen LogP contribution in [-0.2, 0) is 36.8 Å². The molecular weight excluding hydrogens is 650 g/mol. The summed E-state index contributed by atoms with van der Waals surface area (Å²) in [4.78, 5) is 70.6. The molecule has 6 unspecified atom stereocenters. The first-order chi connectivity index (χ1) is 24.3. The molecule has 13 nitrogen and oxygen atoms in total. The highest BCUT2D eigenvalue weighted by Crippen LogP contribution is 2.33. The van der Waals surface area contributed by atoms with Crippen LogP contribution in [0.15, 0.2) is 60.7 Å². The van der Waals surface area contributed by atoms with Crippen LogP contribution in [0.1, 0.15) is 64.0 Å². The van der Waals surface area contributed by atoms with E-state index in [0.29, 0.717) is 45.3 Å². The Kier molecular flexibility index (Phi) is 14.1. The number of aliphatic carboxylic acids is 1. The number of amides is 4. The predicted octanol–water partition coefficient (Wildman–Crippen LogP) is 1.19. The van der Waals surface area contributed by atoms with Gasteiger partial charge in [-0.15, -0.1) is 0 Å². The van der Waals surface area contributed by atoms with Crippen LogP contribution in [0, 0.1) is 5.92 Å². The fourth-order valence-electron chi connectivity index (χ4n) is 7.11. The topological polar surface area (TPSA) is 200 Å². The molecule has 2 bridgehead atoms. The second-order valence-electron chi connectivity index (χ2n) is 14.7. The standard InChI is InChI=1S/C38H55N7O6/c1-25(2)18-32(35(49)41-31(16-10-11-17-39)36(50)45-28-20-29(45)23-44(22-28)24-33(46)47)42-37(51)38(3,21-27-14-8-5-9-15-27)43-34(48)30(40)19-26-12-6-4-7-13-26/h4-9,12-15,25,28-32H,10-11,16-24,39-40H2,1-3H3,(H,41,49)(H,42,51)(H,43,48)(H,46,47). The molecule has 6 atom stereocenters. The second kappa shape index (κ2) is 18.2. The van der Waals surface area contributed by atoms with Gasteiger partial charge in [-0.2, -0.15) is 0 Å². The molecule has 0 radical (unpaired) electrons. The molecule has 2 aromatic carbocycles. The van der Waals surface area contributed by atoms with E-state index in [1.807, 2.05) is 79.4 Å². The molecule has 0 aromatic heterocycles. The van der Waals surface area contributed by atoms with Gasteiger partial charge in [0.05, 0.1) is 12.6 Å². The van der Waals surface area contributed by atoms with Crippen molar-refractivity contribution in [2.45, 2.75) is 101 Å². The summed E-state index contributed by atoms with van der Waals surface area (Å²) in [7, 11) is 0. The maximum absolute atomic E-state index is 14.2. The Hall–Kier alpha value is -4.33. The van der Waals surface area contributed by atoms with Crippen molar-refractivity contribution in [1.29, 1.82) is 0 Å². The second-order valence-corrected chi connectivity index (χ2v) is 14.7. The molecule has 51 heavy (non-hydrogen) atoms. The van der Waals surface area contributed by atoms with Crippen molar-refractivity contribution in [2.24, 2.45) is 17.4 Å². The van der Waals surface area contributed by atoms with Crippen LogP contribution in [0.5, 0.6) is 0 Å². The Morgan fingerprint density at radius 1 is 0.882 bits per heavy atom. The summed E-state index contributed by atoms with van der Waals surface area (Å²) < 4.78 is 0. The van der Waals surface area contributed by atoms with Crippen LogP contribution in [0.4, 0.5) is 0 Å². The van der Waals surface area contributed by atoms with Gasteiger partial charge in [0.2, 0.25) is 23.6 Å². The first-order valence-corrected chi connectivity index (χ1v) is 18.0. The lowest BCUT2D eigenvalue weighted by Crippen LogP contribution is -2.72. The monoisotopic (exact) mass is 705 g/mol. The zero-order chi connectivity index (χ0) is 37.1. The number of hydrogen-bond donors (Lipinski definition) is 6. The number of piperazine rings is 1. The number of carboxylic acid groups (broad SMARTS) is 1. The maximum Gasteiger partial charge on any atom is 0.317 e. The first kappa shape index (κ1) is 39.5. The number of piperidine rings is 1. The van der Waals surface area contributed by atoms with E-state index in [4.69, 9.17) is 11.5 Å². The third-order valence-corrected chi connectivity index (χ3v) is 9.71. The molecule has 2 heterocycles. The number of likely N-dealkylation sites (tertiary alicyclic amines) is 2. The molecule has 2 aliphatic rings. The van der Waals surface area contributed by atoms with Crippen LogP contribution in [-0.4, -0.2) is 106 Å². The molecule has 4 amide bonds. The van der Waals surface area contributed by atoms with Crippen LogP contribution >= 0.6 is 0 Å². The average Bonchev–Trinajstić information content (AvgIpc) is 3.07. The summed E-state index contributed by atoms with van der Waals surface area (Å²) in [5.74, 6) is -2.64. The van der Waals surface area contributed by atoms with Crippen LogP contribution in [0.2, 0.25) is 0 Å². The molecule has 2 aliphatic heterocycles. The minimum absolute atomic E-state index is 0.0108. The number of fused-ring (bicyclic) bond motifs is 2. The van der Waals surface area contributed by atoms with E-state index in [9.17, 15) is 29.1 Å². The van der Waals surface area contributed by atoms with Crippen molar-refractivity contribution in [3.8, 4) is 0 Å². The zero-order valence-corrected chi connectivity index (χ0v) is 30.1. The number of benzene rings is 2. The highest BCUT2D eigenvalue weighted by atomic mass is 16.4. The summed E-state index contributed by atoms with van der Waals surface area (Å²) >= 11 is 0. The molecule has 0 aliphatic carbocycles. The Labute approximate surface area is 300 Å². The number of nitrogens with two attached hydrogens (primary N) is 2. The summed E-state index contributed by atoms with van der Waals surface area (Å²) in [6.07, 6.45) is 3.18. The fourth-order valence-corrected chi connectivity index (χ4v) is 7.11. The third-order valence-electron chi connectivity index (χ3n) is 9.71. The third kappa shape index (κ3) is 11.1. The predicted molar refractivity (Wildman–Crippen MR) is 194 cm³/mol. The molecule has 8 N–H and O–H groups in total. The van der Waals surface area contributed by atoms with Gasteiger partial charge in [-0.3, -0.25) is 28.9 Å². The van der Waals surface area contributed by atoms with Gasteiger partial charge in [0.15, 0.2) is 0 Å². The lowest BCUT2D eigenvalue weighted by atomic mass is 9.86. The molecule has 13 heteroatoms. The number of carbonyl (C=O) groups excluding carboxylic acids is 4. The number of carbonyl (C=O) groups is 5. The largest absolute Gasteiger partial charge is 0.480 e. The van der Waals surface area contributed by atoms with Gasteiger partial charge in [0, 0.05) is 31.6 Å². The zero-order valence-electron chi connectivity index (χ0n) is 30.1. The number of nitrogens with zero attached hydrogens (tertiary/aromatic N) is 2. The number of unbranched alkanes of at least 4 members (excludes halogenated alkanes) is 1. The smallest absolute Gasteiger partial charge is 0.317 e. The summed E-state index contributed by atoms with van der Waals surface area (Å²) in [6, 6.07) is 15.7. The molecule has 0 saturated carbocycles.